The van der Waals surface area contributed by atoms with Crippen LogP contribution in [-0.2, 0) is 0 Å². The number of nitrogens with zero attached hydrogens (tertiary/aromatic N) is 1. The Bertz CT molecular complexity index is 593. The third kappa shape index (κ3) is 1.86. The van der Waals surface area contributed by atoms with Gasteiger partial charge in [-0.1, -0.05) is 6.42 Å². The number of rotatable bonds is 1. The molecule has 1 spiro atoms. The van der Waals surface area contributed by atoms with Gasteiger partial charge in [0.25, 0.3) is 5.56 Å². The van der Waals surface area contributed by atoms with Crippen LogP contribution in [0.1, 0.15) is 38.1 Å². The zero-order chi connectivity index (χ0) is 13.6. The lowest BCUT2D eigenvalue weighted by Gasteiger charge is -2.31. The Morgan fingerprint density at radius 2 is 2.11 bits per heavy atom. The second-order valence-electron chi connectivity index (χ2n) is 5.77. The smallest absolute Gasteiger partial charge is 0.328 e. The molecule has 0 unspecified atom stereocenters. The van der Waals surface area contributed by atoms with E-state index in [0.717, 1.165) is 12.8 Å². The molecular formula is C13H18N2O4. The Balaban J connectivity index is 1.93. The maximum Gasteiger partial charge on any atom is 0.328 e. The first-order chi connectivity index (χ1) is 9.03. The van der Waals surface area contributed by atoms with Gasteiger partial charge in [-0.25, -0.2) is 4.79 Å². The van der Waals surface area contributed by atoms with E-state index in [1.54, 1.807) is 0 Å². The third-order valence-electron chi connectivity index (χ3n) is 4.80. The van der Waals surface area contributed by atoms with Crippen LogP contribution in [0.2, 0.25) is 0 Å². The van der Waals surface area contributed by atoms with Crippen LogP contribution in [0.3, 0.4) is 0 Å². The van der Waals surface area contributed by atoms with E-state index >= 15 is 0 Å². The SMILES string of the molecule is O=c1ccn([C@H]2C[C@H](O)[C@@]3(CCC[C@@H]3O)C2)c(=O)[nH]1. The number of nitrogens with one attached hydrogen (secondary N) is 1. The average Bonchev–Trinajstić information content (AvgIpc) is 2.86. The number of hydrogen-bond acceptors (Lipinski definition) is 4. The molecule has 0 bridgehead atoms. The van der Waals surface area contributed by atoms with E-state index in [0.29, 0.717) is 19.3 Å². The van der Waals surface area contributed by atoms with Gasteiger partial charge in [0.15, 0.2) is 0 Å². The fourth-order valence-electron chi connectivity index (χ4n) is 3.78. The Kier molecular flexibility index (Phi) is 2.87. The van der Waals surface area contributed by atoms with E-state index in [2.05, 4.69) is 4.98 Å². The van der Waals surface area contributed by atoms with Crippen molar-refractivity contribution in [3.8, 4) is 0 Å². The van der Waals surface area contributed by atoms with Gasteiger partial charge in [-0.3, -0.25) is 14.3 Å². The molecule has 104 valence electrons. The molecule has 0 amide bonds. The van der Waals surface area contributed by atoms with E-state index in [4.69, 9.17) is 0 Å². The van der Waals surface area contributed by atoms with Gasteiger partial charge in [0.05, 0.1) is 12.2 Å². The second-order valence-corrected chi connectivity index (χ2v) is 5.77. The van der Waals surface area contributed by atoms with Crippen LogP contribution in [0, 0.1) is 5.41 Å². The summed E-state index contributed by atoms with van der Waals surface area (Å²) in [7, 11) is 0. The largest absolute Gasteiger partial charge is 0.392 e. The van der Waals surface area contributed by atoms with Crippen LogP contribution in [0.5, 0.6) is 0 Å². The quantitative estimate of drug-likeness (QED) is 0.654. The van der Waals surface area contributed by atoms with Crippen LogP contribution in [0.15, 0.2) is 21.9 Å². The molecule has 6 heteroatoms. The van der Waals surface area contributed by atoms with Crippen molar-refractivity contribution < 1.29 is 10.2 Å². The highest BCUT2D eigenvalue weighted by Gasteiger charge is 2.53. The van der Waals surface area contributed by atoms with Gasteiger partial charge in [0, 0.05) is 23.7 Å². The molecule has 0 saturated heterocycles. The molecule has 19 heavy (non-hydrogen) atoms. The standard InChI is InChI=1S/C13H18N2O4/c16-9-2-1-4-13(9)7-8(6-10(13)17)15-5-3-11(18)14-12(15)19/h3,5,8-10,16-17H,1-2,4,6-7H2,(H,14,18,19)/t8-,9-,10-,13-/m0/s1. The lowest BCUT2D eigenvalue weighted by molar-refractivity contribution is -0.0302. The first-order valence-electron chi connectivity index (χ1n) is 6.70. The molecule has 0 aromatic carbocycles. The van der Waals surface area contributed by atoms with Gasteiger partial charge in [-0.2, -0.15) is 0 Å². The fraction of sp³-hybridized carbons (Fsp3) is 0.692. The molecule has 6 nitrogen and oxygen atoms in total. The van der Waals surface area contributed by atoms with Gasteiger partial charge in [0.2, 0.25) is 0 Å². The van der Waals surface area contributed by atoms with Crippen LogP contribution in [0.25, 0.3) is 0 Å². The third-order valence-corrected chi connectivity index (χ3v) is 4.80. The Labute approximate surface area is 109 Å². The maximum atomic E-state index is 11.8. The molecule has 2 saturated carbocycles. The minimum Gasteiger partial charge on any atom is -0.392 e. The van der Waals surface area contributed by atoms with Crippen molar-refractivity contribution in [1.29, 1.82) is 0 Å². The summed E-state index contributed by atoms with van der Waals surface area (Å²) in [5.41, 5.74) is -1.34. The van der Waals surface area contributed by atoms with Crippen LogP contribution >= 0.6 is 0 Å². The van der Waals surface area contributed by atoms with E-state index in [1.165, 1.54) is 16.8 Å². The fourth-order valence-corrected chi connectivity index (χ4v) is 3.78. The zero-order valence-corrected chi connectivity index (χ0v) is 10.6. The van der Waals surface area contributed by atoms with Gasteiger partial charge in [-0.05, 0) is 25.7 Å². The summed E-state index contributed by atoms with van der Waals surface area (Å²) in [6.45, 7) is 0. The van der Waals surface area contributed by atoms with Gasteiger partial charge >= 0.3 is 5.69 Å². The molecule has 3 N–H and O–H groups in total. The Morgan fingerprint density at radius 3 is 2.74 bits per heavy atom. The lowest BCUT2D eigenvalue weighted by atomic mass is 9.80. The van der Waals surface area contributed by atoms with Crippen LogP contribution in [-0.4, -0.2) is 32.0 Å². The summed E-state index contributed by atoms with van der Waals surface area (Å²) in [6.07, 6.45) is 3.84. The predicted octanol–water partition coefficient (Wildman–Crippen LogP) is -0.236. The molecule has 1 heterocycles. The van der Waals surface area contributed by atoms with Gasteiger partial charge in [0.1, 0.15) is 0 Å². The molecule has 1 aromatic rings. The molecule has 4 atom stereocenters. The summed E-state index contributed by atoms with van der Waals surface area (Å²) < 4.78 is 1.46. The minimum atomic E-state index is -0.589. The highest BCUT2D eigenvalue weighted by atomic mass is 16.3. The summed E-state index contributed by atoms with van der Waals surface area (Å²) in [6, 6.07) is 1.15. The van der Waals surface area contributed by atoms with Crippen molar-refractivity contribution in [3.63, 3.8) is 0 Å². The molecule has 0 aliphatic heterocycles. The van der Waals surface area contributed by atoms with Crippen molar-refractivity contribution in [1.82, 2.24) is 9.55 Å². The van der Waals surface area contributed by atoms with Crippen molar-refractivity contribution in [2.45, 2.75) is 50.4 Å². The average molecular weight is 266 g/mol. The molecule has 2 aliphatic rings. The van der Waals surface area contributed by atoms with Crippen molar-refractivity contribution in [2.24, 2.45) is 5.41 Å². The summed E-state index contributed by atoms with van der Waals surface area (Å²) in [5, 5.41) is 20.4. The number of hydrogen-bond donors (Lipinski definition) is 3. The highest BCUT2D eigenvalue weighted by molar-refractivity contribution is 5.05. The van der Waals surface area contributed by atoms with Crippen molar-refractivity contribution in [2.75, 3.05) is 0 Å². The number of aromatic nitrogens is 2. The predicted molar refractivity (Wildman–Crippen MR) is 67.9 cm³/mol. The summed E-state index contributed by atoms with van der Waals surface area (Å²) >= 11 is 0. The zero-order valence-electron chi connectivity index (χ0n) is 10.6. The van der Waals surface area contributed by atoms with E-state index in [9.17, 15) is 19.8 Å². The topological polar surface area (TPSA) is 95.3 Å². The summed E-state index contributed by atoms with van der Waals surface area (Å²) in [5.74, 6) is 0. The normalized spacial score (nSPS) is 38.1. The number of aliphatic hydroxyl groups excluding tert-OH is 2. The first-order valence-corrected chi connectivity index (χ1v) is 6.70. The molecular weight excluding hydrogens is 248 g/mol. The van der Waals surface area contributed by atoms with Crippen molar-refractivity contribution in [3.05, 3.63) is 33.1 Å². The van der Waals surface area contributed by atoms with Crippen molar-refractivity contribution >= 4 is 0 Å². The monoisotopic (exact) mass is 266 g/mol. The maximum absolute atomic E-state index is 11.8. The Morgan fingerprint density at radius 1 is 1.32 bits per heavy atom. The second kappa shape index (κ2) is 4.31. The van der Waals surface area contributed by atoms with Crippen LogP contribution < -0.4 is 11.2 Å². The minimum absolute atomic E-state index is 0.160. The molecule has 2 aliphatic carbocycles. The molecule has 3 rings (SSSR count). The van der Waals surface area contributed by atoms with E-state index in [-0.39, 0.29) is 6.04 Å². The molecule has 1 aromatic heterocycles. The van der Waals surface area contributed by atoms with Gasteiger partial charge in [-0.15, -0.1) is 0 Å². The molecule has 0 radical (unpaired) electrons. The number of aliphatic hydroxyl groups is 2. The van der Waals surface area contributed by atoms with E-state index in [1.807, 2.05) is 0 Å². The number of H-pyrrole nitrogens is 1. The lowest BCUT2D eigenvalue weighted by Crippen LogP contribution is -2.37. The van der Waals surface area contributed by atoms with E-state index < -0.39 is 28.9 Å². The first kappa shape index (κ1) is 12.6. The van der Waals surface area contributed by atoms with Gasteiger partial charge < -0.3 is 10.2 Å². The Hall–Kier alpha value is -1.40. The van der Waals surface area contributed by atoms with Crippen LogP contribution in [0.4, 0.5) is 0 Å². The number of aromatic amines is 1. The molecule has 2 fully saturated rings. The highest BCUT2D eigenvalue weighted by Crippen LogP contribution is 2.53. The summed E-state index contributed by atoms with van der Waals surface area (Å²) in [4.78, 5) is 25.1.